The van der Waals surface area contributed by atoms with Gasteiger partial charge in [-0.05, 0) is 13.3 Å². The van der Waals surface area contributed by atoms with Crippen LogP contribution in [0.15, 0.2) is 4.99 Å². The maximum atomic E-state index is 11.0. The largest absolute Gasteiger partial charge is 0.387 e. The van der Waals surface area contributed by atoms with Crippen LogP contribution >= 0.6 is 0 Å². The lowest BCUT2D eigenvalue weighted by Crippen LogP contribution is -2.29. The Balaban J connectivity index is 3.76. The van der Waals surface area contributed by atoms with Crippen LogP contribution in [-0.2, 0) is 4.79 Å². The minimum absolute atomic E-state index is 0.0700. The summed E-state index contributed by atoms with van der Waals surface area (Å²) in [5.74, 6) is 0.482. The first-order valence-electron chi connectivity index (χ1n) is 4.65. The van der Waals surface area contributed by atoms with Crippen molar-refractivity contribution in [3.8, 4) is 0 Å². The van der Waals surface area contributed by atoms with Gasteiger partial charge >= 0.3 is 0 Å². The number of aliphatic imine (C=N–C) groups is 1. The lowest BCUT2D eigenvalue weighted by molar-refractivity contribution is -0.118. The molecule has 0 bridgehead atoms. The number of carbonyl (C=O) groups is 1. The van der Waals surface area contributed by atoms with E-state index in [4.69, 9.17) is 11.5 Å². The van der Waals surface area contributed by atoms with Gasteiger partial charge in [-0.1, -0.05) is 13.3 Å². The summed E-state index contributed by atoms with van der Waals surface area (Å²) in [6, 6.07) is -0.442. The molecule has 0 aromatic rings. The smallest absolute Gasteiger partial charge is 0.170 e. The molecule has 0 aliphatic heterocycles. The van der Waals surface area contributed by atoms with Crippen molar-refractivity contribution in [3.05, 3.63) is 0 Å². The summed E-state index contributed by atoms with van der Waals surface area (Å²) in [4.78, 5) is 15.0. The Morgan fingerprint density at radius 3 is 2.62 bits per heavy atom. The maximum Gasteiger partial charge on any atom is 0.170 e. The molecular formula is C9H19N3O. The van der Waals surface area contributed by atoms with Crippen molar-refractivity contribution >= 4 is 11.6 Å². The Bertz CT molecular complexity index is 187. The predicted molar refractivity (Wildman–Crippen MR) is 54.7 cm³/mol. The molecule has 0 rings (SSSR count). The predicted octanol–water partition coefficient (Wildman–Crippen LogP) is 0.450. The van der Waals surface area contributed by atoms with Crippen molar-refractivity contribution in [1.29, 1.82) is 0 Å². The van der Waals surface area contributed by atoms with Crippen molar-refractivity contribution in [3.63, 3.8) is 0 Å². The first-order chi connectivity index (χ1) is 6.07. The number of nitrogens with zero attached hydrogens (tertiary/aromatic N) is 1. The summed E-state index contributed by atoms with van der Waals surface area (Å²) in [6.45, 7) is 3.85. The number of rotatable bonds is 6. The highest BCUT2D eigenvalue weighted by molar-refractivity contribution is 5.88. The second-order valence-corrected chi connectivity index (χ2v) is 3.17. The molecule has 0 aromatic heterocycles. The van der Waals surface area contributed by atoms with Gasteiger partial charge in [-0.3, -0.25) is 9.79 Å². The van der Waals surface area contributed by atoms with Crippen molar-refractivity contribution in [1.82, 2.24) is 0 Å². The standard InChI is InChI=1S/C9H19N3O/c1-3-4-5-9(11)12-6-8(13)7(2)10/h7H,3-6,10H2,1-2H3,(H2,11,12). The Kier molecular flexibility index (Phi) is 6.14. The van der Waals surface area contributed by atoms with E-state index < -0.39 is 6.04 Å². The fraction of sp³-hybridized carbons (Fsp3) is 0.778. The third-order valence-corrected chi connectivity index (χ3v) is 1.73. The van der Waals surface area contributed by atoms with E-state index in [9.17, 15) is 4.79 Å². The molecule has 1 atom stereocenters. The number of hydrogen-bond acceptors (Lipinski definition) is 3. The summed E-state index contributed by atoms with van der Waals surface area (Å²) in [7, 11) is 0. The van der Waals surface area contributed by atoms with Gasteiger partial charge < -0.3 is 11.5 Å². The second-order valence-electron chi connectivity index (χ2n) is 3.17. The third kappa shape index (κ3) is 6.28. The Labute approximate surface area is 79.4 Å². The van der Waals surface area contributed by atoms with Crippen molar-refractivity contribution in [2.45, 2.75) is 39.2 Å². The van der Waals surface area contributed by atoms with Gasteiger partial charge in [0, 0.05) is 6.42 Å². The minimum atomic E-state index is -0.442. The topological polar surface area (TPSA) is 81.5 Å². The van der Waals surface area contributed by atoms with E-state index in [1.54, 1.807) is 6.92 Å². The van der Waals surface area contributed by atoms with Crippen LogP contribution in [0.5, 0.6) is 0 Å². The molecule has 0 saturated carbocycles. The van der Waals surface area contributed by atoms with E-state index in [-0.39, 0.29) is 12.3 Å². The number of nitrogens with two attached hydrogens (primary N) is 2. The van der Waals surface area contributed by atoms with E-state index >= 15 is 0 Å². The van der Waals surface area contributed by atoms with Crippen LogP contribution in [0.2, 0.25) is 0 Å². The molecule has 0 spiro atoms. The summed E-state index contributed by atoms with van der Waals surface area (Å²) in [6.07, 6.45) is 2.86. The average Bonchev–Trinajstić information content (AvgIpc) is 2.10. The highest BCUT2D eigenvalue weighted by atomic mass is 16.1. The van der Waals surface area contributed by atoms with Gasteiger partial charge in [-0.15, -0.1) is 0 Å². The Morgan fingerprint density at radius 2 is 2.15 bits per heavy atom. The quantitative estimate of drug-likeness (QED) is 0.465. The molecule has 0 fully saturated rings. The van der Waals surface area contributed by atoms with E-state index in [2.05, 4.69) is 11.9 Å². The van der Waals surface area contributed by atoms with Crippen LogP contribution in [0.1, 0.15) is 33.1 Å². The third-order valence-electron chi connectivity index (χ3n) is 1.73. The normalized spacial score (nSPS) is 14.2. The maximum absolute atomic E-state index is 11.0. The zero-order valence-electron chi connectivity index (χ0n) is 8.42. The molecule has 13 heavy (non-hydrogen) atoms. The van der Waals surface area contributed by atoms with E-state index in [0.29, 0.717) is 5.84 Å². The van der Waals surface area contributed by atoms with Gasteiger partial charge in [0.1, 0.15) is 6.54 Å². The van der Waals surface area contributed by atoms with Crippen molar-refractivity contribution < 1.29 is 4.79 Å². The molecule has 4 nitrogen and oxygen atoms in total. The van der Waals surface area contributed by atoms with Crippen molar-refractivity contribution in [2.24, 2.45) is 16.5 Å². The lowest BCUT2D eigenvalue weighted by Gasteiger charge is -2.01. The molecule has 0 aliphatic rings. The molecule has 0 aliphatic carbocycles. The molecule has 0 amide bonds. The highest BCUT2D eigenvalue weighted by Gasteiger charge is 2.05. The molecule has 4 heteroatoms. The number of unbranched alkanes of at least 4 members (excludes halogenated alkanes) is 1. The Hall–Kier alpha value is -0.900. The molecular weight excluding hydrogens is 166 g/mol. The average molecular weight is 185 g/mol. The molecule has 4 N–H and O–H groups in total. The first-order valence-corrected chi connectivity index (χ1v) is 4.65. The zero-order valence-corrected chi connectivity index (χ0v) is 8.42. The van der Waals surface area contributed by atoms with Crippen LogP contribution in [0.4, 0.5) is 0 Å². The summed E-state index contributed by atoms with van der Waals surface area (Å²) >= 11 is 0. The number of carbonyl (C=O) groups excluding carboxylic acids is 1. The minimum Gasteiger partial charge on any atom is -0.387 e. The summed E-state index contributed by atoms with van der Waals surface area (Å²) in [5, 5.41) is 0. The molecule has 0 saturated heterocycles. The molecule has 76 valence electrons. The lowest BCUT2D eigenvalue weighted by atomic mass is 10.2. The summed E-state index contributed by atoms with van der Waals surface area (Å²) in [5.41, 5.74) is 10.9. The fourth-order valence-corrected chi connectivity index (χ4v) is 0.760. The van der Waals surface area contributed by atoms with Crippen LogP contribution in [0.25, 0.3) is 0 Å². The number of amidine groups is 1. The Morgan fingerprint density at radius 1 is 1.54 bits per heavy atom. The molecule has 0 heterocycles. The molecule has 1 unspecified atom stereocenters. The van der Waals surface area contributed by atoms with Crippen molar-refractivity contribution in [2.75, 3.05) is 6.54 Å². The van der Waals surface area contributed by atoms with Gasteiger partial charge in [0.2, 0.25) is 0 Å². The monoisotopic (exact) mass is 185 g/mol. The summed E-state index contributed by atoms with van der Waals surface area (Å²) < 4.78 is 0. The fourth-order valence-electron chi connectivity index (χ4n) is 0.760. The first kappa shape index (κ1) is 12.1. The van der Waals surface area contributed by atoms with E-state index in [0.717, 1.165) is 19.3 Å². The van der Waals surface area contributed by atoms with Gasteiger partial charge in [0.25, 0.3) is 0 Å². The zero-order chi connectivity index (χ0) is 10.3. The number of ketones is 1. The second kappa shape index (κ2) is 6.60. The van der Waals surface area contributed by atoms with Gasteiger partial charge in [0.05, 0.1) is 11.9 Å². The van der Waals surface area contributed by atoms with Crippen LogP contribution in [0.3, 0.4) is 0 Å². The van der Waals surface area contributed by atoms with E-state index in [1.807, 2.05) is 0 Å². The SMILES string of the molecule is CCCCC(N)=NCC(=O)C(C)N. The van der Waals surface area contributed by atoms with Gasteiger partial charge in [-0.2, -0.15) is 0 Å². The number of Topliss-reactive ketones (excluding diaryl/α,β-unsaturated/α-hetero) is 1. The van der Waals surface area contributed by atoms with Crippen LogP contribution in [0, 0.1) is 0 Å². The van der Waals surface area contributed by atoms with Crippen LogP contribution in [-0.4, -0.2) is 24.2 Å². The van der Waals surface area contributed by atoms with Gasteiger partial charge in [-0.25, -0.2) is 0 Å². The molecule has 0 aromatic carbocycles. The molecule has 0 radical (unpaired) electrons. The van der Waals surface area contributed by atoms with E-state index in [1.165, 1.54) is 0 Å². The highest BCUT2D eigenvalue weighted by Crippen LogP contribution is 1.93. The number of hydrogen-bond donors (Lipinski definition) is 2. The van der Waals surface area contributed by atoms with Gasteiger partial charge in [0.15, 0.2) is 5.78 Å². The van der Waals surface area contributed by atoms with Crippen LogP contribution < -0.4 is 11.5 Å².